The van der Waals surface area contributed by atoms with Crippen molar-refractivity contribution in [3.05, 3.63) is 101 Å². The normalized spacial score (nSPS) is 17.5. The summed E-state index contributed by atoms with van der Waals surface area (Å²) in [6.45, 7) is 6.32. The smallest absolute Gasteiger partial charge is 0.295 e. The summed E-state index contributed by atoms with van der Waals surface area (Å²) in [6.07, 6.45) is 1.98. The third-order valence-electron chi connectivity index (χ3n) is 6.38. The number of methoxy groups -OCH3 is 1. The van der Waals surface area contributed by atoms with Crippen LogP contribution in [0, 0.1) is 5.82 Å². The van der Waals surface area contributed by atoms with Gasteiger partial charge in [-0.3, -0.25) is 14.6 Å². The van der Waals surface area contributed by atoms with Gasteiger partial charge in [0.15, 0.2) is 0 Å². The Balaban J connectivity index is 1.83. The molecule has 1 aliphatic heterocycles. The van der Waals surface area contributed by atoms with E-state index in [9.17, 15) is 19.1 Å². The minimum atomic E-state index is -0.880. The maximum absolute atomic E-state index is 13.3. The van der Waals surface area contributed by atoms with Gasteiger partial charge >= 0.3 is 0 Å². The van der Waals surface area contributed by atoms with Crippen LogP contribution in [-0.2, 0) is 21.4 Å². The van der Waals surface area contributed by atoms with Crippen LogP contribution in [0.3, 0.4) is 0 Å². The Labute approximate surface area is 210 Å². The van der Waals surface area contributed by atoms with E-state index < -0.39 is 17.7 Å². The number of rotatable bonds is 6. The first-order valence-electron chi connectivity index (χ1n) is 11.7. The van der Waals surface area contributed by atoms with Crippen molar-refractivity contribution in [3.63, 3.8) is 0 Å². The van der Waals surface area contributed by atoms with Crippen molar-refractivity contribution in [2.24, 2.45) is 0 Å². The van der Waals surface area contributed by atoms with E-state index in [1.165, 1.54) is 24.1 Å². The van der Waals surface area contributed by atoms with Crippen molar-refractivity contribution in [3.8, 4) is 5.75 Å². The fourth-order valence-electron chi connectivity index (χ4n) is 4.36. The summed E-state index contributed by atoms with van der Waals surface area (Å²) in [5.41, 5.74) is 2.29. The van der Waals surface area contributed by atoms with Crippen molar-refractivity contribution in [1.82, 2.24) is 9.88 Å². The first-order chi connectivity index (χ1) is 17.1. The van der Waals surface area contributed by atoms with E-state index in [-0.39, 0.29) is 29.1 Å². The molecule has 7 heteroatoms. The SMILES string of the molecule is COc1ccc(C(C)(C)C)cc1/C(O)=C1\C(=O)C(=O)N(CCc2ccc(F)cc2)C1c1ccccn1. The van der Waals surface area contributed by atoms with Gasteiger partial charge in [0.25, 0.3) is 11.7 Å². The second-order valence-corrected chi connectivity index (χ2v) is 9.79. The number of halogens is 1. The summed E-state index contributed by atoms with van der Waals surface area (Å²) in [7, 11) is 1.49. The van der Waals surface area contributed by atoms with Gasteiger partial charge in [-0.2, -0.15) is 0 Å². The molecule has 1 aromatic heterocycles. The number of carbonyl (C=O) groups excluding carboxylic acids is 2. The number of ketones is 1. The van der Waals surface area contributed by atoms with Gasteiger partial charge in [0.1, 0.15) is 23.4 Å². The van der Waals surface area contributed by atoms with Gasteiger partial charge in [-0.15, -0.1) is 0 Å². The molecule has 1 atom stereocenters. The molecule has 186 valence electrons. The number of ether oxygens (including phenoxy) is 1. The van der Waals surface area contributed by atoms with Crippen LogP contribution in [0.1, 0.15) is 49.2 Å². The van der Waals surface area contributed by atoms with Crippen molar-refractivity contribution in [2.75, 3.05) is 13.7 Å². The zero-order valence-electron chi connectivity index (χ0n) is 20.8. The highest BCUT2D eigenvalue weighted by Gasteiger charge is 2.46. The lowest BCUT2D eigenvalue weighted by molar-refractivity contribution is -0.139. The Bertz CT molecular complexity index is 1310. The van der Waals surface area contributed by atoms with Gasteiger partial charge in [0.2, 0.25) is 0 Å². The van der Waals surface area contributed by atoms with Crippen LogP contribution in [0.5, 0.6) is 5.75 Å². The summed E-state index contributed by atoms with van der Waals surface area (Å²) in [6, 6.07) is 15.8. The molecule has 2 heterocycles. The van der Waals surface area contributed by atoms with E-state index in [0.29, 0.717) is 23.4 Å². The molecule has 6 nitrogen and oxygen atoms in total. The molecule has 1 fully saturated rings. The highest BCUT2D eigenvalue weighted by molar-refractivity contribution is 6.46. The maximum atomic E-state index is 13.3. The average Bonchev–Trinajstić information content (AvgIpc) is 3.12. The molecule has 0 aliphatic carbocycles. The number of aromatic nitrogens is 1. The Morgan fingerprint density at radius 2 is 1.81 bits per heavy atom. The van der Waals surface area contributed by atoms with Crippen LogP contribution >= 0.6 is 0 Å². The van der Waals surface area contributed by atoms with Crippen molar-refractivity contribution in [2.45, 2.75) is 38.6 Å². The Morgan fingerprint density at radius 3 is 2.42 bits per heavy atom. The molecule has 1 unspecified atom stereocenters. The second-order valence-electron chi connectivity index (χ2n) is 9.79. The number of aliphatic hydroxyl groups is 1. The zero-order chi connectivity index (χ0) is 26.0. The predicted octanol–water partition coefficient (Wildman–Crippen LogP) is 5.19. The summed E-state index contributed by atoms with van der Waals surface area (Å²) in [5.74, 6) is -1.78. The molecule has 1 amide bonds. The molecular weight excluding hydrogens is 459 g/mol. The van der Waals surface area contributed by atoms with Gasteiger partial charge in [0, 0.05) is 12.7 Å². The number of benzene rings is 2. The molecule has 2 aromatic carbocycles. The molecule has 1 N–H and O–H groups in total. The van der Waals surface area contributed by atoms with Gasteiger partial charge < -0.3 is 14.7 Å². The van der Waals surface area contributed by atoms with Crippen molar-refractivity contribution < 1.29 is 23.8 Å². The third-order valence-corrected chi connectivity index (χ3v) is 6.38. The molecule has 1 saturated heterocycles. The maximum Gasteiger partial charge on any atom is 0.295 e. The van der Waals surface area contributed by atoms with Crippen LogP contribution in [-0.4, -0.2) is 40.3 Å². The molecule has 0 bridgehead atoms. The zero-order valence-corrected chi connectivity index (χ0v) is 20.8. The minimum absolute atomic E-state index is 0.0397. The predicted molar refractivity (Wildman–Crippen MR) is 135 cm³/mol. The number of hydrogen-bond acceptors (Lipinski definition) is 5. The van der Waals surface area contributed by atoms with Crippen LogP contribution < -0.4 is 4.74 Å². The van der Waals surface area contributed by atoms with E-state index in [0.717, 1.165) is 11.1 Å². The standard InChI is InChI=1S/C29H29FN2O4/c1-29(2,3)19-10-13-23(36-4)21(17-19)26(33)24-25(22-7-5-6-15-31-22)32(28(35)27(24)34)16-14-18-8-11-20(30)12-9-18/h5-13,15,17,25,33H,14,16H2,1-4H3/b26-24+. The molecule has 1 aliphatic rings. The number of Topliss-reactive ketones (excluding diaryl/α,β-unsaturated/α-hetero) is 1. The van der Waals surface area contributed by atoms with E-state index in [1.807, 2.05) is 26.8 Å². The largest absolute Gasteiger partial charge is 0.507 e. The van der Waals surface area contributed by atoms with Gasteiger partial charge in [-0.1, -0.05) is 45.0 Å². The number of carbonyl (C=O) groups is 2. The van der Waals surface area contributed by atoms with Gasteiger partial charge in [-0.05, 0) is 59.4 Å². The lowest BCUT2D eigenvalue weighted by atomic mass is 9.85. The summed E-state index contributed by atoms with van der Waals surface area (Å²) >= 11 is 0. The number of nitrogens with zero attached hydrogens (tertiary/aromatic N) is 2. The molecule has 4 rings (SSSR count). The fraction of sp³-hybridized carbons (Fsp3) is 0.276. The topological polar surface area (TPSA) is 79.7 Å². The first-order valence-corrected chi connectivity index (χ1v) is 11.7. The fourth-order valence-corrected chi connectivity index (χ4v) is 4.36. The molecule has 0 radical (unpaired) electrons. The number of likely N-dealkylation sites (tertiary alicyclic amines) is 1. The second kappa shape index (κ2) is 9.93. The highest BCUT2D eigenvalue weighted by atomic mass is 19.1. The lowest BCUT2D eigenvalue weighted by Gasteiger charge is -2.25. The van der Waals surface area contributed by atoms with Crippen LogP contribution in [0.4, 0.5) is 4.39 Å². The third kappa shape index (κ3) is 4.87. The molecule has 0 spiro atoms. The molecule has 3 aromatic rings. The molecular formula is C29H29FN2O4. The van der Waals surface area contributed by atoms with E-state index in [4.69, 9.17) is 4.74 Å². The quantitative estimate of drug-likeness (QED) is 0.293. The Hall–Kier alpha value is -4.00. The first kappa shape index (κ1) is 25.1. The van der Waals surface area contributed by atoms with Gasteiger partial charge in [0.05, 0.1) is 23.9 Å². The number of amides is 1. The van der Waals surface area contributed by atoms with E-state index >= 15 is 0 Å². The number of pyridine rings is 1. The van der Waals surface area contributed by atoms with Crippen LogP contribution in [0.2, 0.25) is 0 Å². The minimum Gasteiger partial charge on any atom is -0.507 e. The highest BCUT2D eigenvalue weighted by Crippen LogP contribution is 2.41. The summed E-state index contributed by atoms with van der Waals surface area (Å²) in [5, 5.41) is 11.5. The lowest BCUT2D eigenvalue weighted by Crippen LogP contribution is -2.32. The average molecular weight is 489 g/mol. The summed E-state index contributed by atoms with van der Waals surface area (Å²) < 4.78 is 18.8. The van der Waals surface area contributed by atoms with Gasteiger partial charge in [-0.25, -0.2) is 4.39 Å². The van der Waals surface area contributed by atoms with Crippen LogP contribution in [0.25, 0.3) is 5.76 Å². The number of hydrogen-bond donors (Lipinski definition) is 1. The van der Waals surface area contributed by atoms with E-state index in [2.05, 4.69) is 4.98 Å². The molecule has 0 saturated carbocycles. The van der Waals surface area contributed by atoms with Crippen LogP contribution in [0.15, 0.2) is 72.4 Å². The Kier molecular flexibility index (Phi) is 6.93. The Morgan fingerprint density at radius 1 is 1.08 bits per heavy atom. The summed E-state index contributed by atoms with van der Waals surface area (Å²) in [4.78, 5) is 32.3. The van der Waals surface area contributed by atoms with Crippen molar-refractivity contribution in [1.29, 1.82) is 0 Å². The number of aliphatic hydroxyl groups excluding tert-OH is 1. The molecule has 36 heavy (non-hydrogen) atoms. The van der Waals surface area contributed by atoms with E-state index in [1.54, 1.807) is 48.7 Å². The van der Waals surface area contributed by atoms with Crippen molar-refractivity contribution >= 4 is 17.4 Å². The monoisotopic (exact) mass is 488 g/mol.